The molecule has 1 aromatic heterocycles. The highest BCUT2D eigenvalue weighted by molar-refractivity contribution is 5.83. The molecule has 104 valence electrons. The van der Waals surface area contributed by atoms with Crippen molar-refractivity contribution in [2.24, 2.45) is 0 Å². The fraction of sp³-hybridized carbons (Fsp3) is 0.500. The largest absolute Gasteiger partial charge is 0.347 e. The zero-order valence-corrected chi connectivity index (χ0v) is 12.3. The van der Waals surface area contributed by atoms with Crippen LogP contribution < -0.4 is 5.32 Å². The number of hydrogen-bond donors (Lipinski definition) is 1. The molecule has 0 amide bonds. The van der Waals surface area contributed by atoms with Crippen molar-refractivity contribution < 1.29 is 0 Å². The van der Waals surface area contributed by atoms with Crippen LogP contribution >= 0.6 is 0 Å². The molecule has 0 unspecified atom stereocenters. The van der Waals surface area contributed by atoms with Gasteiger partial charge in [0.15, 0.2) is 0 Å². The van der Waals surface area contributed by atoms with E-state index in [4.69, 9.17) is 0 Å². The van der Waals surface area contributed by atoms with Crippen LogP contribution in [0.5, 0.6) is 0 Å². The smallest absolute Gasteiger partial charge is 0.0483 e. The minimum Gasteiger partial charge on any atom is -0.347 e. The first-order valence-corrected chi connectivity index (χ1v) is 7.14. The molecule has 2 rings (SSSR count). The topological polar surface area (TPSA) is 20.2 Å². The summed E-state index contributed by atoms with van der Waals surface area (Å²) in [4.78, 5) is 2.23. The summed E-state index contributed by atoms with van der Waals surface area (Å²) in [5, 5.41) is 4.93. The second-order valence-electron chi connectivity index (χ2n) is 5.29. The minimum absolute atomic E-state index is 0.959. The predicted molar refractivity (Wildman–Crippen MR) is 82.5 cm³/mol. The number of benzene rings is 1. The average molecular weight is 259 g/mol. The molecule has 2 aromatic rings. The van der Waals surface area contributed by atoms with Crippen LogP contribution in [0.2, 0.25) is 0 Å². The predicted octanol–water partition coefficient (Wildman–Crippen LogP) is 2.70. The van der Waals surface area contributed by atoms with Gasteiger partial charge in [-0.25, -0.2) is 0 Å². The van der Waals surface area contributed by atoms with Gasteiger partial charge in [-0.2, -0.15) is 0 Å². The SMILES string of the molecule is CCn1cc(CNCCCN(C)C)c2ccccc21. The number of hydrogen-bond acceptors (Lipinski definition) is 2. The molecule has 0 aliphatic heterocycles. The fourth-order valence-corrected chi connectivity index (χ4v) is 2.47. The van der Waals surface area contributed by atoms with Crippen molar-refractivity contribution in [3.05, 3.63) is 36.0 Å². The summed E-state index contributed by atoms with van der Waals surface area (Å²) in [5.41, 5.74) is 2.75. The van der Waals surface area contributed by atoms with Crippen LogP contribution in [-0.2, 0) is 13.1 Å². The van der Waals surface area contributed by atoms with E-state index in [1.54, 1.807) is 0 Å². The first-order chi connectivity index (χ1) is 9.22. The normalized spacial score (nSPS) is 11.6. The van der Waals surface area contributed by atoms with Crippen LogP contribution in [0.3, 0.4) is 0 Å². The van der Waals surface area contributed by atoms with Gasteiger partial charge in [0, 0.05) is 30.2 Å². The van der Waals surface area contributed by atoms with E-state index in [0.29, 0.717) is 0 Å². The van der Waals surface area contributed by atoms with Crippen LogP contribution in [0.25, 0.3) is 10.9 Å². The molecule has 0 saturated carbocycles. The lowest BCUT2D eigenvalue weighted by Gasteiger charge is -2.09. The number of aromatic nitrogens is 1. The van der Waals surface area contributed by atoms with Gasteiger partial charge in [0.2, 0.25) is 0 Å². The molecule has 3 nitrogen and oxygen atoms in total. The Morgan fingerprint density at radius 3 is 2.74 bits per heavy atom. The molecular formula is C16H25N3. The maximum atomic E-state index is 3.55. The third kappa shape index (κ3) is 3.58. The summed E-state index contributed by atoms with van der Waals surface area (Å²) >= 11 is 0. The van der Waals surface area contributed by atoms with E-state index in [2.05, 4.69) is 66.3 Å². The number of aryl methyl sites for hydroxylation is 1. The Labute approximate surface area is 116 Å². The third-order valence-corrected chi connectivity index (χ3v) is 3.49. The molecular weight excluding hydrogens is 234 g/mol. The van der Waals surface area contributed by atoms with Crippen molar-refractivity contribution in [1.29, 1.82) is 0 Å². The Hall–Kier alpha value is -1.32. The number of nitrogens with zero attached hydrogens (tertiary/aromatic N) is 2. The summed E-state index contributed by atoms with van der Waals surface area (Å²) in [6.07, 6.45) is 3.48. The molecule has 0 saturated heterocycles. The number of nitrogens with one attached hydrogen (secondary N) is 1. The Balaban J connectivity index is 1.97. The Bertz CT molecular complexity index is 514. The van der Waals surface area contributed by atoms with Crippen LogP contribution in [0.1, 0.15) is 18.9 Å². The van der Waals surface area contributed by atoms with E-state index >= 15 is 0 Å². The molecule has 0 spiro atoms. The highest BCUT2D eigenvalue weighted by Gasteiger charge is 2.06. The number of rotatable bonds is 7. The minimum atomic E-state index is 0.959. The Kier molecular flexibility index (Phi) is 5.00. The number of fused-ring (bicyclic) bond motifs is 1. The zero-order valence-electron chi connectivity index (χ0n) is 12.3. The summed E-state index contributed by atoms with van der Waals surface area (Å²) in [7, 11) is 4.24. The number of para-hydroxylation sites is 1. The van der Waals surface area contributed by atoms with Crippen molar-refractivity contribution in [3.63, 3.8) is 0 Å². The van der Waals surface area contributed by atoms with Crippen LogP contribution in [0, 0.1) is 0 Å². The standard InChI is InChI=1S/C16H25N3/c1-4-19-13-14(12-17-10-7-11-18(2)3)15-8-5-6-9-16(15)19/h5-6,8-9,13,17H,4,7,10-12H2,1-3H3. The van der Waals surface area contributed by atoms with Gasteiger partial charge in [-0.1, -0.05) is 18.2 Å². The molecule has 0 fully saturated rings. The maximum absolute atomic E-state index is 3.55. The second-order valence-corrected chi connectivity index (χ2v) is 5.29. The Morgan fingerprint density at radius 2 is 2.00 bits per heavy atom. The summed E-state index contributed by atoms with van der Waals surface area (Å²) in [6, 6.07) is 8.66. The average Bonchev–Trinajstić information content (AvgIpc) is 2.76. The van der Waals surface area contributed by atoms with E-state index in [9.17, 15) is 0 Å². The van der Waals surface area contributed by atoms with Gasteiger partial charge in [0.1, 0.15) is 0 Å². The second kappa shape index (κ2) is 6.73. The molecule has 0 aliphatic carbocycles. The van der Waals surface area contributed by atoms with Gasteiger partial charge in [-0.3, -0.25) is 0 Å². The molecule has 0 aliphatic rings. The van der Waals surface area contributed by atoms with Gasteiger partial charge < -0.3 is 14.8 Å². The third-order valence-electron chi connectivity index (χ3n) is 3.49. The lowest BCUT2D eigenvalue weighted by Crippen LogP contribution is -2.20. The molecule has 0 radical (unpaired) electrons. The van der Waals surface area contributed by atoms with Crippen molar-refractivity contribution in [3.8, 4) is 0 Å². The first-order valence-electron chi connectivity index (χ1n) is 7.14. The molecule has 0 atom stereocenters. The molecule has 1 N–H and O–H groups in total. The van der Waals surface area contributed by atoms with E-state index in [-0.39, 0.29) is 0 Å². The van der Waals surface area contributed by atoms with Gasteiger partial charge >= 0.3 is 0 Å². The van der Waals surface area contributed by atoms with E-state index in [1.807, 2.05) is 0 Å². The highest BCUT2D eigenvalue weighted by Crippen LogP contribution is 2.21. The zero-order chi connectivity index (χ0) is 13.7. The van der Waals surface area contributed by atoms with E-state index < -0.39 is 0 Å². The summed E-state index contributed by atoms with van der Waals surface area (Å²) < 4.78 is 2.33. The maximum Gasteiger partial charge on any atom is 0.0483 e. The quantitative estimate of drug-likeness (QED) is 0.772. The van der Waals surface area contributed by atoms with Gasteiger partial charge in [0.05, 0.1) is 0 Å². The molecule has 3 heteroatoms. The van der Waals surface area contributed by atoms with Gasteiger partial charge in [-0.15, -0.1) is 0 Å². The van der Waals surface area contributed by atoms with Crippen molar-refractivity contribution in [2.75, 3.05) is 27.2 Å². The van der Waals surface area contributed by atoms with Gasteiger partial charge in [-0.05, 0) is 52.2 Å². The van der Waals surface area contributed by atoms with Crippen molar-refractivity contribution in [2.45, 2.75) is 26.4 Å². The van der Waals surface area contributed by atoms with Crippen LogP contribution in [-0.4, -0.2) is 36.7 Å². The molecule has 1 heterocycles. The highest BCUT2D eigenvalue weighted by atomic mass is 15.1. The first kappa shape index (κ1) is 14.1. The summed E-state index contributed by atoms with van der Waals surface area (Å²) in [6.45, 7) is 6.40. The van der Waals surface area contributed by atoms with Crippen molar-refractivity contribution in [1.82, 2.24) is 14.8 Å². The monoisotopic (exact) mass is 259 g/mol. The van der Waals surface area contributed by atoms with E-state index in [0.717, 1.165) is 26.2 Å². The van der Waals surface area contributed by atoms with Gasteiger partial charge in [0.25, 0.3) is 0 Å². The molecule has 1 aromatic carbocycles. The fourth-order valence-electron chi connectivity index (χ4n) is 2.47. The van der Waals surface area contributed by atoms with Crippen LogP contribution in [0.4, 0.5) is 0 Å². The lowest BCUT2D eigenvalue weighted by molar-refractivity contribution is 0.394. The summed E-state index contributed by atoms with van der Waals surface area (Å²) in [5.74, 6) is 0. The van der Waals surface area contributed by atoms with Crippen molar-refractivity contribution >= 4 is 10.9 Å². The lowest BCUT2D eigenvalue weighted by atomic mass is 10.2. The molecule has 0 bridgehead atoms. The Morgan fingerprint density at radius 1 is 1.21 bits per heavy atom. The molecule has 19 heavy (non-hydrogen) atoms. The van der Waals surface area contributed by atoms with E-state index in [1.165, 1.54) is 22.9 Å². The van der Waals surface area contributed by atoms with Crippen LogP contribution in [0.15, 0.2) is 30.5 Å².